The van der Waals surface area contributed by atoms with Gasteiger partial charge in [0, 0.05) is 0 Å². The lowest BCUT2D eigenvalue weighted by Gasteiger charge is -2.12. The molecule has 0 heterocycles. The highest BCUT2D eigenvalue weighted by molar-refractivity contribution is 5.30. The predicted molar refractivity (Wildman–Crippen MR) is 56.5 cm³/mol. The van der Waals surface area contributed by atoms with Crippen LogP contribution < -0.4 is 4.74 Å². The molecule has 5 heteroatoms. The van der Waals surface area contributed by atoms with Crippen LogP contribution in [0.1, 0.15) is 19.4 Å². The molecule has 0 unspecified atom stereocenters. The third kappa shape index (κ3) is 5.06. The molecule has 0 radical (unpaired) electrons. The molecular weight excluding hydrogens is 236 g/mol. The van der Waals surface area contributed by atoms with E-state index in [0.29, 0.717) is 12.3 Å². The molecule has 0 amide bonds. The lowest BCUT2D eigenvalue weighted by atomic mass is 10.0. The lowest BCUT2D eigenvalue weighted by molar-refractivity contribution is -0.153. The summed E-state index contributed by atoms with van der Waals surface area (Å²) in [6.07, 6.45) is -3.79. The van der Waals surface area contributed by atoms with Gasteiger partial charge in [-0.1, -0.05) is 19.9 Å². The number of benzene rings is 1. The van der Waals surface area contributed by atoms with Crippen LogP contribution in [0.5, 0.6) is 5.75 Å². The van der Waals surface area contributed by atoms with Crippen LogP contribution >= 0.6 is 0 Å². The summed E-state index contributed by atoms with van der Waals surface area (Å²) >= 11 is 0. The summed E-state index contributed by atoms with van der Waals surface area (Å²) in [4.78, 5) is 0. The van der Waals surface area contributed by atoms with Gasteiger partial charge >= 0.3 is 6.18 Å². The van der Waals surface area contributed by atoms with Crippen molar-refractivity contribution in [3.05, 3.63) is 29.6 Å². The van der Waals surface area contributed by atoms with Gasteiger partial charge in [0.1, 0.15) is 0 Å². The van der Waals surface area contributed by atoms with Crippen LogP contribution in [0.15, 0.2) is 18.2 Å². The van der Waals surface area contributed by atoms with E-state index in [2.05, 4.69) is 4.74 Å². The van der Waals surface area contributed by atoms with E-state index in [-0.39, 0.29) is 5.75 Å². The van der Waals surface area contributed by atoms with Gasteiger partial charge in [-0.3, -0.25) is 0 Å². The smallest absolute Gasteiger partial charge is 0.422 e. The zero-order chi connectivity index (χ0) is 13.1. The van der Waals surface area contributed by atoms with Crippen molar-refractivity contribution in [2.75, 3.05) is 6.61 Å². The zero-order valence-corrected chi connectivity index (χ0v) is 9.64. The van der Waals surface area contributed by atoms with E-state index >= 15 is 0 Å². The summed E-state index contributed by atoms with van der Waals surface area (Å²) in [6.45, 7) is 2.47. The normalized spacial score (nSPS) is 11.9. The van der Waals surface area contributed by atoms with Crippen molar-refractivity contribution in [1.82, 2.24) is 0 Å². The van der Waals surface area contributed by atoms with Gasteiger partial charge in [-0.05, 0) is 30.0 Å². The highest BCUT2D eigenvalue weighted by atomic mass is 19.4. The largest absolute Gasteiger partial charge is 0.481 e. The Labute approximate surface area is 97.4 Å². The standard InChI is InChI=1S/C12H14F4O/c1-8(2)5-9-3-4-10(13)11(6-9)17-7-12(14,15)16/h3-4,6,8H,5,7H2,1-2H3. The Kier molecular flexibility index (Phi) is 4.37. The summed E-state index contributed by atoms with van der Waals surface area (Å²) < 4.78 is 53.4. The summed E-state index contributed by atoms with van der Waals surface area (Å²) in [5.41, 5.74) is 0.763. The Morgan fingerprint density at radius 2 is 1.88 bits per heavy atom. The van der Waals surface area contributed by atoms with Crippen LogP contribution in [0.25, 0.3) is 0 Å². The predicted octanol–water partition coefficient (Wildman–Crippen LogP) is 3.97. The van der Waals surface area contributed by atoms with Gasteiger partial charge in [0.05, 0.1) is 0 Å². The Balaban J connectivity index is 2.76. The first-order chi connectivity index (χ1) is 7.78. The number of rotatable bonds is 4. The minimum Gasteiger partial charge on any atom is -0.481 e. The lowest BCUT2D eigenvalue weighted by Crippen LogP contribution is -2.19. The zero-order valence-electron chi connectivity index (χ0n) is 9.64. The van der Waals surface area contributed by atoms with Gasteiger partial charge in [-0.2, -0.15) is 13.2 Å². The van der Waals surface area contributed by atoms with Gasteiger partial charge in [0.15, 0.2) is 18.2 Å². The minimum atomic E-state index is -4.46. The van der Waals surface area contributed by atoms with Crippen LogP contribution in [0.3, 0.4) is 0 Å². The van der Waals surface area contributed by atoms with E-state index in [9.17, 15) is 17.6 Å². The fourth-order valence-corrected chi connectivity index (χ4v) is 1.42. The SMILES string of the molecule is CC(C)Cc1ccc(F)c(OCC(F)(F)F)c1. The average molecular weight is 250 g/mol. The van der Waals surface area contributed by atoms with Gasteiger partial charge in [-0.25, -0.2) is 4.39 Å². The average Bonchev–Trinajstić information content (AvgIpc) is 2.17. The number of ether oxygens (including phenoxy) is 1. The van der Waals surface area contributed by atoms with Crippen molar-refractivity contribution in [2.45, 2.75) is 26.4 Å². The molecule has 0 bridgehead atoms. The molecular formula is C12H14F4O. The monoisotopic (exact) mass is 250 g/mol. The van der Waals surface area contributed by atoms with Gasteiger partial charge in [0.25, 0.3) is 0 Å². The van der Waals surface area contributed by atoms with Crippen LogP contribution in [-0.4, -0.2) is 12.8 Å². The number of alkyl halides is 3. The molecule has 0 aliphatic carbocycles. The van der Waals surface area contributed by atoms with Gasteiger partial charge in [0.2, 0.25) is 0 Å². The molecule has 0 saturated heterocycles. The molecule has 0 saturated carbocycles. The number of hydrogen-bond donors (Lipinski definition) is 0. The van der Waals surface area contributed by atoms with Gasteiger partial charge < -0.3 is 4.74 Å². The number of hydrogen-bond acceptors (Lipinski definition) is 1. The van der Waals surface area contributed by atoms with Gasteiger partial charge in [-0.15, -0.1) is 0 Å². The van der Waals surface area contributed by atoms with Crippen molar-refractivity contribution >= 4 is 0 Å². The highest BCUT2D eigenvalue weighted by Crippen LogP contribution is 2.23. The molecule has 1 nitrogen and oxygen atoms in total. The quantitative estimate of drug-likeness (QED) is 0.735. The molecule has 0 fully saturated rings. The molecule has 0 aliphatic rings. The summed E-state index contributed by atoms with van der Waals surface area (Å²) in [5.74, 6) is -0.779. The van der Waals surface area contributed by atoms with Crippen molar-refractivity contribution in [1.29, 1.82) is 0 Å². The Morgan fingerprint density at radius 1 is 1.24 bits per heavy atom. The van der Waals surface area contributed by atoms with Crippen LogP contribution in [-0.2, 0) is 6.42 Å². The maximum Gasteiger partial charge on any atom is 0.422 e. The van der Waals surface area contributed by atoms with E-state index in [1.165, 1.54) is 6.07 Å². The van der Waals surface area contributed by atoms with Crippen LogP contribution in [0, 0.1) is 11.7 Å². The van der Waals surface area contributed by atoms with Crippen molar-refractivity contribution < 1.29 is 22.3 Å². The van der Waals surface area contributed by atoms with E-state index in [4.69, 9.17) is 0 Å². The molecule has 1 aromatic rings. The van der Waals surface area contributed by atoms with E-state index in [0.717, 1.165) is 11.6 Å². The second-order valence-corrected chi connectivity index (χ2v) is 4.27. The first-order valence-electron chi connectivity index (χ1n) is 5.26. The minimum absolute atomic E-state index is 0.343. The fourth-order valence-electron chi connectivity index (χ4n) is 1.42. The first-order valence-corrected chi connectivity index (χ1v) is 5.26. The summed E-state index contributed by atoms with van der Waals surface area (Å²) in [6, 6.07) is 4.00. The van der Waals surface area contributed by atoms with Crippen LogP contribution in [0.4, 0.5) is 17.6 Å². The highest BCUT2D eigenvalue weighted by Gasteiger charge is 2.28. The van der Waals surface area contributed by atoms with E-state index < -0.39 is 18.6 Å². The molecule has 0 aromatic heterocycles. The number of halogens is 4. The molecule has 0 atom stereocenters. The third-order valence-corrected chi connectivity index (χ3v) is 2.03. The molecule has 0 aliphatic heterocycles. The van der Waals surface area contributed by atoms with Crippen molar-refractivity contribution in [2.24, 2.45) is 5.92 Å². The molecule has 0 spiro atoms. The van der Waals surface area contributed by atoms with Crippen molar-refractivity contribution in [3.8, 4) is 5.75 Å². The Morgan fingerprint density at radius 3 is 2.41 bits per heavy atom. The summed E-state index contributed by atoms with van der Waals surface area (Å²) in [5, 5.41) is 0. The molecule has 96 valence electrons. The molecule has 0 N–H and O–H groups in total. The topological polar surface area (TPSA) is 9.23 Å². The maximum absolute atomic E-state index is 13.2. The van der Waals surface area contributed by atoms with E-state index in [1.54, 1.807) is 6.07 Å². The Bertz CT molecular complexity index is 371. The summed E-state index contributed by atoms with van der Waals surface area (Å²) in [7, 11) is 0. The molecule has 17 heavy (non-hydrogen) atoms. The molecule has 1 aromatic carbocycles. The fraction of sp³-hybridized carbons (Fsp3) is 0.500. The maximum atomic E-state index is 13.2. The van der Waals surface area contributed by atoms with Crippen molar-refractivity contribution in [3.63, 3.8) is 0 Å². The van der Waals surface area contributed by atoms with Crippen LogP contribution in [0.2, 0.25) is 0 Å². The second-order valence-electron chi connectivity index (χ2n) is 4.27. The van der Waals surface area contributed by atoms with E-state index in [1.807, 2.05) is 13.8 Å². The Hall–Kier alpha value is -1.26. The second kappa shape index (κ2) is 5.38. The first kappa shape index (κ1) is 13.8. The molecule has 1 rings (SSSR count). The third-order valence-electron chi connectivity index (χ3n) is 2.03.